The van der Waals surface area contributed by atoms with Gasteiger partial charge in [-0.15, -0.1) is 0 Å². The highest BCUT2D eigenvalue weighted by atomic mass is 14.6. The first kappa shape index (κ1) is 10.5. The van der Waals surface area contributed by atoms with Crippen LogP contribution in [0.3, 0.4) is 0 Å². The summed E-state index contributed by atoms with van der Waals surface area (Å²) in [5.74, 6) is 3.08. The molecule has 0 atom stereocenters. The topological polar surface area (TPSA) is 26.0 Å². The second-order valence-electron chi connectivity index (χ2n) is 5.69. The van der Waals surface area contributed by atoms with Crippen LogP contribution in [0.15, 0.2) is 0 Å². The Bertz CT molecular complexity index is 142. The molecule has 0 unspecified atom stereocenters. The molecule has 2 aliphatic rings. The van der Waals surface area contributed by atoms with Crippen LogP contribution in [-0.2, 0) is 0 Å². The molecule has 2 aliphatic carbocycles. The van der Waals surface area contributed by atoms with Crippen molar-refractivity contribution in [1.29, 1.82) is 0 Å². The van der Waals surface area contributed by atoms with Crippen molar-refractivity contribution in [3.8, 4) is 0 Å². The van der Waals surface area contributed by atoms with Gasteiger partial charge in [-0.1, -0.05) is 19.8 Å². The third kappa shape index (κ3) is 2.50. The molecular weight excluding hydrogens is 170 g/mol. The predicted molar refractivity (Wildman–Crippen MR) is 61.1 cm³/mol. The molecule has 0 saturated heterocycles. The maximum Gasteiger partial charge on any atom is 0.00390 e. The molecule has 14 heavy (non-hydrogen) atoms. The lowest BCUT2D eigenvalue weighted by atomic mass is 9.71. The van der Waals surface area contributed by atoms with E-state index in [2.05, 4.69) is 6.92 Å². The van der Waals surface area contributed by atoms with Crippen molar-refractivity contribution in [2.24, 2.45) is 23.5 Å². The van der Waals surface area contributed by atoms with E-state index in [0.717, 1.165) is 17.8 Å². The van der Waals surface area contributed by atoms with Gasteiger partial charge in [-0.05, 0) is 56.3 Å². The Hall–Kier alpha value is -0.0400. The lowest BCUT2D eigenvalue weighted by molar-refractivity contribution is 0.166. The molecule has 0 aliphatic heterocycles. The third-order valence-corrected chi connectivity index (χ3v) is 4.54. The van der Waals surface area contributed by atoms with E-state index in [-0.39, 0.29) is 0 Å². The molecule has 2 fully saturated rings. The number of nitrogens with two attached hydrogens (primary N) is 1. The molecule has 0 heterocycles. The van der Waals surface area contributed by atoms with Crippen LogP contribution >= 0.6 is 0 Å². The van der Waals surface area contributed by atoms with Crippen LogP contribution in [-0.4, -0.2) is 6.04 Å². The summed E-state index contributed by atoms with van der Waals surface area (Å²) in [6.45, 7) is 2.41. The van der Waals surface area contributed by atoms with E-state index in [4.69, 9.17) is 5.73 Å². The van der Waals surface area contributed by atoms with E-state index in [0.29, 0.717) is 6.04 Å². The fourth-order valence-corrected chi connectivity index (χ4v) is 3.37. The van der Waals surface area contributed by atoms with Gasteiger partial charge in [-0.2, -0.15) is 0 Å². The molecule has 2 N–H and O–H groups in total. The van der Waals surface area contributed by atoms with Gasteiger partial charge in [-0.25, -0.2) is 0 Å². The Balaban J connectivity index is 1.78. The number of hydrogen-bond donors (Lipinski definition) is 1. The average molecular weight is 195 g/mol. The summed E-state index contributed by atoms with van der Waals surface area (Å²) in [5, 5.41) is 0. The minimum Gasteiger partial charge on any atom is -0.328 e. The highest BCUT2D eigenvalue weighted by molar-refractivity contribution is 4.82. The molecule has 0 amide bonds. The van der Waals surface area contributed by atoms with Crippen molar-refractivity contribution >= 4 is 0 Å². The third-order valence-electron chi connectivity index (χ3n) is 4.54. The SMILES string of the molecule is CC1CCC(C2CCC(N)CC2)CC1. The maximum absolute atomic E-state index is 5.95. The van der Waals surface area contributed by atoms with Crippen molar-refractivity contribution in [2.75, 3.05) is 0 Å². The fraction of sp³-hybridized carbons (Fsp3) is 1.00. The minimum absolute atomic E-state index is 0.522. The largest absolute Gasteiger partial charge is 0.328 e. The minimum atomic E-state index is 0.522. The van der Waals surface area contributed by atoms with Gasteiger partial charge in [0.2, 0.25) is 0 Å². The second-order valence-corrected chi connectivity index (χ2v) is 5.69. The molecule has 0 aromatic rings. The average Bonchev–Trinajstić information content (AvgIpc) is 2.21. The number of rotatable bonds is 1. The van der Waals surface area contributed by atoms with Crippen LogP contribution in [0.1, 0.15) is 58.3 Å². The van der Waals surface area contributed by atoms with Crippen molar-refractivity contribution in [1.82, 2.24) is 0 Å². The summed E-state index contributed by atoms with van der Waals surface area (Å²) in [5.41, 5.74) is 5.95. The Morgan fingerprint density at radius 2 is 1.14 bits per heavy atom. The van der Waals surface area contributed by atoms with Crippen molar-refractivity contribution < 1.29 is 0 Å². The van der Waals surface area contributed by atoms with Gasteiger partial charge in [0, 0.05) is 6.04 Å². The molecule has 0 aromatic carbocycles. The summed E-state index contributed by atoms with van der Waals surface area (Å²) in [7, 11) is 0. The van der Waals surface area contributed by atoms with E-state index >= 15 is 0 Å². The first-order valence-electron chi connectivity index (χ1n) is 6.51. The van der Waals surface area contributed by atoms with Crippen LogP contribution in [0.2, 0.25) is 0 Å². The van der Waals surface area contributed by atoms with Crippen molar-refractivity contribution in [3.05, 3.63) is 0 Å². The molecule has 2 rings (SSSR count). The molecule has 1 heteroatoms. The smallest absolute Gasteiger partial charge is 0.00390 e. The Morgan fingerprint density at radius 1 is 0.714 bits per heavy atom. The van der Waals surface area contributed by atoms with Gasteiger partial charge in [0.15, 0.2) is 0 Å². The zero-order chi connectivity index (χ0) is 9.97. The van der Waals surface area contributed by atoms with Gasteiger partial charge >= 0.3 is 0 Å². The molecule has 82 valence electrons. The quantitative estimate of drug-likeness (QED) is 0.682. The van der Waals surface area contributed by atoms with Gasteiger partial charge in [-0.3, -0.25) is 0 Å². The van der Waals surface area contributed by atoms with Crippen LogP contribution < -0.4 is 5.73 Å². The highest BCUT2D eigenvalue weighted by Gasteiger charge is 2.28. The summed E-state index contributed by atoms with van der Waals surface area (Å²) in [6, 6.07) is 0.522. The molecule has 0 spiro atoms. The van der Waals surface area contributed by atoms with E-state index in [1.807, 2.05) is 0 Å². The summed E-state index contributed by atoms with van der Waals surface area (Å²) < 4.78 is 0. The standard InChI is InChI=1S/C13H25N/c1-10-2-4-11(5-3-10)12-6-8-13(14)9-7-12/h10-13H,2-9,14H2,1H3. The molecule has 0 radical (unpaired) electrons. The maximum atomic E-state index is 5.95. The molecule has 1 nitrogen and oxygen atoms in total. The fourth-order valence-electron chi connectivity index (χ4n) is 3.37. The monoisotopic (exact) mass is 195 g/mol. The van der Waals surface area contributed by atoms with Crippen LogP contribution in [0, 0.1) is 17.8 Å². The predicted octanol–water partition coefficient (Wildman–Crippen LogP) is 3.33. The first-order chi connectivity index (χ1) is 6.75. The van der Waals surface area contributed by atoms with Crippen molar-refractivity contribution in [2.45, 2.75) is 64.3 Å². The van der Waals surface area contributed by atoms with Crippen molar-refractivity contribution in [3.63, 3.8) is 0 Å². The second kappa shape index (κ2) is 4.65. The van der Waals surface area contributed by atoms with Gasteiger partial charge in [0.1, 0.15) is 0 Å². The number of hydrogen-bond acceptors (Lipinski definition) is 1. The summed E-state index contributed by atoms with van der Waals surface area (Å²) in [6.07, 6.45) is 11.4. The normalized spacial score (nSPS) is 45.0. The van der Waals surface area contributed by atoms with Crippen LogP contribution in [0.25, 0.3) is 0 Å². The lowest BCUT2D eigenvalue weighted by Gasteiger charge is -2.36. The van der Waals surface area contributed by atoms with Gasteiger partial charge < -0.3 is 5.73 Å². The van der Waals surface area contributed by atoms with Crippen LogP contribution in [0.4, 0.5) is 0 Å². The van der Waals surface area contributed by atoms with E-state index in [9.17, 15) is 0 Å². The summed E-state index contributed by atoms with van der Waals surface area (Å²) in [4.78, 5) is 0. The van der Waals surface area contributed by atoms with E-state index < -0.39 is 0 Å². The Kier molecular flexibility index (Phi) is 3.48. The Morgan fingerprint density at radius 3 is 1.64 bits per heavy atom. The highest BCUT2D eigenvalue weighted by Crippen LogP contribution is 2.39. The van der Waals surface area contributed by atoms with Gasteiger partial charge in [0.25, 0.3) is 0 Å². The zero-order valence-electron chi connectivity index (χ0n) is 9.54. The molecule has 2 saturated carbocycles. The van der Waals surface area contributed by atoms with E-state index in [1.165, 1.54) is 51.4 Å². The first-order valence-corrected chi connectivity index (χ1v) is 6.51. The molecular formula is C13H25N. The zero-order valence-corrected chi connectivity index (χ0v) is 9.54. The Labute approximate surface area is 88.4 Å². The molecule has 0 aromatic heterocycles. The van der Waals surface area contributed by atoms with E-state index in [1.54, 1.807) is 0 Å². The summed E-state index contributed by atoms with van der Waals surface area (Å²) >= 11 is 0. The van der Waals surface area contributed by atoms with Gasteiger partial charge in [0.05, 0.1) is 0 Å². The molecule has 0 bridgehead atoms. The lowest BCUT2D eigenvalue weighted by Crippen LogP contribution is -2.31. The van der Waals surface area contributed by atoms with Crippen LogP contribution in [0.5, 0.6) is 0 Å².